The summed E-state index contributed by atoms with van der Waals surface area (Å²) in [6, 6.07) is 7.02. The zero-order valence-corrected chi connectivity index (χ0v) is 67.4. The van der Waals surface area contributed by atoms with Crippen molar-refractivity contribution < 1.29 is 9.53 Å². The summed E-state index contributed by atoms with van der Waals surface area (Å²) >= 11 is 0. The fraction of sp³-hybridized carbons (Fsp3) is 0.611. The van der Waals surface area contributed by atoms with Gasteiger partial charge in [-0.2, -0.15) is 0 Å². The van der Waals surface area contributed by atoms with Crippen LogP contribution in [0.2, 0.25) is 0 Å². The summed E-state index contributed by atoms with van der Waals surface area (Å²) in [4.78, 5) is 13.9. The van der Waals surface area contributed by atoms with Gasteiger partial charge in [-0.15, -0.1) is 0 Å². The maximum absolute atomic E-state index is 12.1. The summed E-state index contributed by atoms with van der Waals surface area (Å²) in [5.41, 5.74) is 3.55. The lowest BCUT2D eigenvalue weighted by atomic mass is 8.19. The number of anilines is 1. The molecule has 1 saturated heterocycles. The van der Waals surface area contributed by atoms with Crippen LogP contribution in [0, 0.1) is 0 Å². The summed E-state index contributed by atoms with van der Waals surface area (Å²) in [5.74, 6) is 0. The van der Waals surface area contributed by atoms with Crippen LogP contribution >= 0.6 is 0 Å². The zero-order valence-electron chi connectivity index (χ0n) is 67.4. The predicted octanol–water partition coefficient (Wildman–Crippen LogP) is -31.9. The molecule has 1 fully saturated rings. The van der Waals surface area contributed by atoms with Gasteiger partial charge in [0.15, 0.2) is 0 Å². The van der Waals surface area contributed by atoms with Crippen LogP contribution in [-0.4, -0.2) is 687 Å². The van der Waals surface area contributed by atoms with Crippen molar-refractivity contribution in [2.24, 2.45) is 0 Å². The number of nitrogens with one attached hydrogen (secondary N) is 2. The molecule has 5 nitrogen and oxygen atoms in total. The lowest BCUT2D eigenvalue weighted by molar-refractivity contribution is 0.0210. The van der Waals surface area contributed by atoms with Gasteiger partial charge in [-0.1, -0.05) is 6.07 Å². The van der Waals surface area contributed by atoms with Crippen molar-refractivity contribution in [1.29, 1.82) is 0 Å². The maximum Gasteiger partial charge on any atom is 0.410 e. The minimum absolute atomic E-state index is 0.195. The molecule has 97 heteroatoms. The highest BCUT2D eigenvalue weighted by Crippen LogP contribution is 2.31. The molecule has 1 amide bonds. The minimum Gasteiger partial charge on any atom is -0.444 e. The molecule has 0 spiro atoms. The number of hydrogen-bond acceptors (Lipinski definition) is 4. The Kier molecular flexibility index (Phi) is 53.0. The second kappa shape index (κ2) is 52.9. The number of likely N-dealkylation sites (tertiary alicyclic amines) is 1. The number of carbonyl (C=O) groups is 1. The van der Waals surface area contributed by atoms with E-state index >= 15 is 0 Å². The molecule has 1 aromatic rings. The number of fused-ring (bicyclic) bond motifs is 1. The predicted molar refractivity (Wildman–Crippen MR) is 621 cm³/mol. The van der Waals surface area contributed by atoms with E-state index in [0.29, 0.717) is 6.04 Å². The molecule has 115 heavy (non-hydrogen) atoms. The Labute approximate surface area is 781 Å². The van der Waals surface area contributed by atoms with Crippen molar-refractivity contribution in [3.63, 3.8) is 0 Å². The van der Waals surface area contributed by atoms with Crippen molar-refractivity contribution in [1.82, 2.24) is 10.2 Å². The van der Waals surface area contributed by atoms with Crippen molar-refractivity contribution in [3.05, 3.63) is 29.3 Å². The Hall–Kier alpha value is 4.22. The average Bonchev–Trinajstić information content (AvgIpc) is 1.40. The van der Waals surface area contributed by atoms with Crippen molar-refractivity contribution >= 4 is 663 Å². The van der Waals surface area contributed by atoms with Gasteiger partial charge in [0.05, 0.1) is 0 Å². The van der Waals surface area contributed by atoms with E-state index in [1.165, 1.54) is 16.8 Å². The molecular weight excluding hydrogens is 1280 g/mol. The molecule has 2 aliphatic heterocycles. The van der Waals surface area contributed by atoms with Gasteiger partial charge in [0.2, 0.25) is 0 Å². The zero-order chi connectivity index (χ0) is 89.4. The van der Waals surface area contributed by atoms with E-state index in [4.69, 9.17) is 368 Å². The molecule has 2 N–H and O–H groups in total. The number of nitrogens with zero attached hydrogens (tertiary/aromatic N) is 1. The number of carbonyl (C=O) groups excluding carboxylic acids is 1. The van der Waals surface area contributed by atoms with Gasteiger partial charge < -0.3 is 20.3 Å². The number of hydrogen-bond donors (Lipinski definition) is 2. The summed E-state index contributed by atoms with van der Waals surface area (Å²) in [6.45, 7) is 9.15. The Morgan fingerprint density at radius 3 is 0.687 bits per heavy atom. The van der Waals surface area contributed by atoms with Crippen LogP contribution < -0.4 is 10.6 Å². The minimum atomic E-state index is -2.18. The molecule has 0 bridgehead atoms. The van der Waals surface area contributed by atoms with E-state index in [2.05, 4.69) is 28.8 Å². The Morgan fingerprint density at radius 1 is 0.296 bits per heavy atom. The third-order valence-corrected chi connectivity index (χ3v) is 23.9. The van der Waals surface area contributed by atoms with Gasteiger partial charge >= 0.3 is 6.09 Å². The molecule has 2 heterocycles. The fourth-order valence-electron chi connectivity index (χ4n) is 19.6. The highest BCUT2D eigenvalue weighted by molar-refractivity contribution is 8.43. The first-order chi connectivity index (χ1) is 52.7. The highest BCUT2D eigenvalue weighted by Gasteiger charge is 2.68. The molecule has 2 aliphatic rings. The number of amides is 1. The number of ether oxygens (including phenoxy) is 1. The van der Waals surface area contributed by atoms with Crippen LogP contribution in [-0.2, 0) is 17.8 Å². The standard InChI is InChI=1S/C18H27N3O2.B92/c1-18(2,3)23-17(22)21-8-6-15(7-9-21)20-16-5-4-13-11-19-12-14(13)10-16;1-48(2)71(47)83(72(49(3)4)50(5)6)89(84(73(51(7)8)52(9)10)74(53(11)12)54(13)14)92(90(85(75(55(15)16)56(17)18)76(57(19)20)58(21)22)86(77(59(23)24)60(25)26)78(61(27)28)62(29)30)91(87(79(63(31)32)64(33)34)80(65(35)36)66(37)38)88(81(67(39)40)68(41)42)82(69(43)44)70(45)46/h4-5,10,15,19-20H,6-9,11-12H2,1-3H3;. The third kappa shape index (κ3) is 32.3. The van der Waals surface area contributed by atoms with E-state index in [1.807, 2.05) is 25.7 Å². The van der Waals surface area contributed by atoms with Crippen LogP contribution in [0.25, 0.3) is 0 Å². The third-order valence-electron chi connectivity index (χ3n) is 23.9. The SMILES string of the molecule is CC(C)(C)OC(=O)N1CCC(Nc2ccc3c(c2)CNC3)CC1.[B]B([B])B([B])B(B(B([B])[B])B([B])[B])B(B(B(B([B])[B])B([B])[B])B(B([B])[B])B([B])[B])B(B(B(B(B([B])[B])B([B])[B])B(B([B])[B])B([B])[B])B(B(B([B])[B])B([B])[B])B(B([B])[B])B([B])[B])B(B(B(B([B])[B])B([B])[B])B(B([B])[B])B([B])[B])B(B(B([B])[B])B([B])[B])B(B([B])[B])B([B])[B]. The van der Waals surface area contributed by atoms with Crippen molar-refractivity contribution in [2.45, 2.75) is 58.3 Å². The van der Waals surface area contributed by atoms with E-state index in [0.717, 1.165) is 39.0 Å². The number of piperidine rings is 1. The monoisotopic (exact) mass is 1330 g/mol. The van der Waals surface area contributed by atoms with Crippen LogP contribution in [0.15, 0.2) is 18.2 Å². The lowest BCUT2D eigenvalue weighted by Crippen LogP contribution is -3.01. The van der Waals surface area contributed by atoms with Gasteiger partial charge in [0.1, 0.15) is 5.60 Å². The van der Waals surface area contributed by atoms with Crippen LogP contribution in [0.5, 0.6) is 0 Å². The quantitative estimate of drug-likeness (QED) is 0.0639. The molecule has 0 aliphatic carbocycles. The Morgan fingerprint density at radius 2 is 0.487 bits per heavy atom. The van der Waals surface area contributed by atoms with Gasteiger partial charge in [0.25, 0.3) is 0 Å². The Balaban J connectivity index is 0.00000163. The summed E-state index contributed by atoms with van der Waals surface area (Å²) in [6.07, 6.45) is -80.2. The first kappa shape index (κ1) is 115. The van der Waals surface area contributed by atoms with E-state index in [-0.39, 0.29) is 6.09 Å². The Bertz CT molecular complexity index is 2470. The van der Waals surface area contributed by atoms with Crippen LogP contribution in [0.1, 0.15) is 44.7 Å². The van der Waals surface area contributed by atoms with E-state index in [1.54, 1.807) is 0 Å². The van der Waals surface area contributed by atoms with Gasteiger partial charge in [-0.3, -0.25) is 0 Å². The largest absolute Gasteiger partial charge is 0.444 e. The molecule has 3 rings (SSSR count). The highest BCUT2D eigenvalue weighted by atomic mass is 16.6. The maximum atomic E-state index is 12.1. The normalized spacial score (nSPS) is 11.6. The molecular formula is C18H27B92N3O2. The molecule has 0 aromatic heterocycles. The van der Waals surface area contributed by atoms with Gasteiger partial charge in [-0.25, -0.2) is 4.79 Å². The smallest absolute Gasteiger partial charge is 0.410 e. The topological polar surface area (TPSA) is 53.6 Å². The number of rotatable bonds is 46. The summed E-state index contributed by atoms with van der Waals surface area (Å²) in [5, 5.41) is 6.98. The van der Waals surface area contributed by atoms with Gasteiger partial charge in [0, 0.05) is 689 Å². The second-order valence-corrected chi connectivity index (χ2v) is 33.5. The average molecular weight is 1310 g/mol. The van der Waals surface area contributed by atoms with Crippen LogP contribution in [0.3, 0.4) is 0 Å². The molecule has 0 atom stereocenters. The summed E-state index contributed by atoms with van der Waals surface area (Å²) in [7, 11) is 330. The molecule has 0 unspecified atom stereocenters. The van der Waals surface area contributed by atoms with Crippen molar-refractivity contribution in [2.75, 3.05) is 18.4 Å². The fourth-order valence-corrected chi connectivity index (χ4v) is 19.6. The molecule has 94 radical (unpaired) electrons. The first-order valence-corrected chi connectivity index (χ1v) is 38.8. The molecule has 402 valence electrons. The van der Waals surface area contributed by atoms with Crippen molar-refractivity contribution in [3.8, 4) is 0 Å². The molecule has 1 aromatic carbocycles. The molecule has 0 saturated carbocycles. The number of benzene rings is 1. The first-order valence-electron chi connectivity index (χ1n) is 38.8. The van der Waals surface area contributed by atoms with Gasteiger partial charge in [-0.05, 0) is 56.9 Å². The summed E-state index contributed by atoms with van der Waals surface area (Å²) < 4.78 is 5.44. The second-order valence-electron chi connectivity index (χ2n) is 33.5. The van der Waals surface area contributed by atoms with Crippen LogP contribution in [0.4, 0.5) is 10.5 Å². The van der Waals surface area contributed by atoms with E-state index in [9.17, 15) is 4.79 Å². The van der Waals surface area contributed by atoms with E-state index < -0.39 is 293 Å². The lowest BCUT2D eigenvalue weighted by Gasteiger charge is -2.62.